The lowest BCUT2D eigenvalue weighted by atomic mass is 10.1. The van der Waals surface area contributed by atoms with E-state index in [2.05, 4.69) is 43.0 Å². The van der Waals surface area contributed by atoms with Crippen LogP contribution in [0.2, 0.25) is 0 Å². The fraction of sp³-hybridized carbons (Fsp3) is 0.333. The van der Waals surface area contributed by atoms with E-state index in [4.69, 9.17) is 0 Å². The first-order chi connectivity index (χ1) is 5.90. The van der Waals surface area contributed by atoms with Crippen LogP contribution < -0.4 is 0 Å². The fourth-order valence-electron chi connectivity index (χ4n) is 1.71. The van der Waals surface area contributed by atoms with Crippen LogP contribution in [0.4, 0.5) is 0 Å². The minimum Gasteiger partial charge on any atom is -0.103 e. The monoisotopic (exact) mass is 158 g/mol. The third-order valence-corrected chi connectivity index (χ3v) is 2.62. The van der Waals surface area contributed by atoms with E-state index in [1.54, 1.807) is 0 Å². The van der Waals surface area contributed by atoms with Crippen molar-refractivity contribution in [1.29, 1.82) is 0 Å². The minimum atomic E-state index is 0.796. The number of hydrogen-bond donors (Lipinski definition) is 0. The molecule has 0 heteroatoms. The molecule has 0 N–H and O–H groups in total. The Morgan fingerprint density at radius 3 is 2.67 bits per heavy atom. The Bertz CT molecular complexity index is 261. The topological polar surface area (TPSA) is 0 Å². The maximum atomic E-state index is 3.81. The summed E-state index contributed by atoms with van der Waals surface area (Å²) in [6.45, 7) is 3.81. The lowest BCUT2D eigenvalue weighted by Gasteiger charge is -1.97. The first-order valence-electron chi connectivity index (χ1n) is 4.56. The summed E-state index contributed by atoms with van der Waals surface area (Å²) < 4.78 is 0. The first-order valence-corrected chi connectivity index (χ1v) is 4.56. The summed E-state index contributed by atoms with van der Waals surface area (Å²) in [5.41, 5.74) is 1.46. The van der Waals surface area contributed by atoms with E-state index in [1.807, 2.05) is 0 Å². The third kappa shape index (κ3) is 1.58. The van der Waals surface area contributed by atoms with Gasteiger partial charge in [-0.25, -0.2) is 0 Å². The van der Waals surface area contributed by atoms with Crippen LogP contribution in [0.5, 0.6) is 0 Å². The molecule has 1 saturated carbocycles. The van der Waals surface area contributed by atoms with Gasteiger partial charge in [-0.1, -0.05) is 36.4 Å². The van der Waals surface area contributed by atoms with Crippen LogP contribution in [0.15, 0.2) is 43.0 Å². The van der Waals surface area contributed by atoms with Crippen LogP contribution in [0.3, 0.4) is 0 Å². The number of rotatable bonds is 3. The van der Waals surface area contributed by atoms with Crippen LogP contribution in [-0.4, -0.2) is 0 Å². The second-order valence-corrected chi connectivity index (χ2v) is 3.59. The summed E-state index contributed by atoms with van der Waals surface area (Å²) in [7, 11) is 0. The van der Waals surface area contributed by atoms with Crippen molar-refractivity contribution in [2.24, 2.45) is 11.8 Å². The molecule has 1 aliphatic carbocycles. The molecule has 2 atom stereocenters. The SMILES string of the molecule is C=CC1CC1Cc1ccccc1. The maximum absolute atomic E-state index is 3.81. The van der Waals surface area contributed by atoms with Crippen molar-refractivity contribution in [2.75, 3.05) is 0 Å². The summed E-state index contributed by atoms with van der Waals surface area (Å²) in [4.78, 5) is 0. The lowest BCUT2D eigenvalue weighted by molar-refractivity contribution is 0.784. The predicted octanol–water partition coefficient (Wildman–Crippen LogP) is 3.05. The molecule has 2 unspecified atom stereocenters. The standard InChI is InChI=1S/C12H14/c1-2-11-9-12(11)8-10-6-4-3-5-7-10/h2-7,11-12H,1,8-9H2. The second-order valence-electron chi connectivity index (χ2n) is 3.59. The number of benzene rings is 1. The van der Waals surface area contributed by atoms with Gasteiger partial charge >= 0.3 is 0 Å². The van der Waals surface area contributed by atoms with E-state index < -0.39 is 0 Å². The van der Waals surface area contributed by atoms with Crippen LogP contribution in [-0.2, 0) is 6.42 Å². The zero-order valence-corrected chi connectivity index (χ0v) is 7.24. The normalized spacial score (nSPS) is 26.7. The van der Waals surface area contributed by atoms with E-state index in [0.717, 1.165) is 11.8 Å². The Kier molecular flexibility index (Phi) is 1.99. The van der Waals surface area contributed by atoms with Crippen LogP contribution >= 0.6 is 0 Å². The van der Waals surface area contributed by atoms with Crippen LogP contribution in [0.1, 0.15) is 12.0 Å². The van der Waals surface area contributed by atoms with Gasteiger partial charge in [0.15, 0.2) is 0 Å². The summed E-state index contributed by atoms with van der Waals surface area (Å²) in [5.74, 6) is 1.68. The highest BCUT2D eigenvalue weighted by Crippen LogP contribution is 2.41. The molecule has 0 aliphatic heterocycles. The van der Waals surface area contributed by atoms with Crippen molar-refractivity contribution in [3.8, 4) is 0 Å². The Balaban J connectivity index is 1.93. The highest BCUT2D eigenvalue weighted by atomic mass is 14.4. The highest BCUT2D eigenvalue weighted by molar-refractivity contribution is 5.17. The first kappa shape index (κ1) is 7.60. The molecule has 0 nitrogen and oxygen atoms in total. The summed E-state index contributed by atoms with van der Waals surface area (Å²) >= 11 is 0. The maximum Gasteiger partial charge on any atom is -0.0201 e. The molecular formula is C12H14. The Morgan fingerprint density at radius 2 is 2.08 bits per heavy atom. The third-order valence-electron chi connectivity index (χ3n) is 2.62. The van der Waals surface area contributed by atoms with Gasteiger partial charge in [0.05, 0.1) is 0 Å². The summed E-state index contributed by atoms with van der Waals surface area (Å²) in [6, 6.07) is 10.7. The molecular weight excluding hydrogens is 144 g/mol. The molecule has 0 aromatic heterocycles. The predicted molar refractivity (Wildman–Crippen MR) is 51.9 cm³/mol. The molecule has 0 heterocycles. The van der Waals surface area contributed by atoms with Gasteiger partial charge in [-0.15, -0.1) is 6.58 Å². The van der Waals surface area contributed by atoms with Gasteiger partial charge in [0, 0.05) is 0 Å². The lowest BCUT2D eigenvalue weighted by Crippen LogP contribution is -1.87. The van der Waals surface area contributed by atoms with Gasteiger partial charge in [0.25, 0.3) is 0 Å². The van der Waals surface area contributed by atoms with Crippen LogP contribution in [0.25, 0.3) is 0 Å². The second kappa shape index (κ2) is 3.14. The zero-order valence-electron chi connectivity index (χ0n) is 7.24. The average molecular weight is 158 g/mol. The summed E-state index contributed by atoms with van der Waals surface area (Å²) in [6.07, 6.45) is 4.67. The Morgan fingerprint density at radius 1 is 1.33 bits per heavy atom. The number of hydrogen-bond acceptors (Lipinski definition) is 0. The van der Waals surface area contributed by atoms with Gasteiger partial charge in [-0.05, 0) is 30.2 Å². The van der Waals surface area contributed by atoms with Crippen molar-refractivity contribution in [3.05, 3.63) is 48.6 Å². The molecule has 0 saturated heterocycles. The quantitative estimate of drug-likeness (QED) is 0.593. The fourth-order valence-corrected chi connectivity index (χ4v) is 1.71. The highest BCUT2D eigenvalue weighted by Gasteiger charge is 2.33. The van der Waals surface area contributed by atoms with Crippen molar-refractivity contribution < 1.29 is 0 Å². The molecule has 12 heavy (non-hydrogen) atoms. The molecule has 2 rings (SSSR count). The zero-order chi connectivity index (χ0) is 8.39. The van der Waals surface area contributed by atoms with Crippen molar-refractivity contribution in [2.45, 2.75) is 12.8 Å². The molecule has 1 fully saturated rings. The van der Waals surface area contributed by atoms with Gasteiger partial charge in [-0.2, -0.15) is 0 Å². The van der Waals surface area contributed by atoms with E-state index in [9.17, 15) is 0 Å². The van der Waals surface area contributed by atoms with Gasteiger partial charge in [0.2, 0.25) is 0 Å². The Labute approximate surface area is 73.9 Å². The Hall–Kier alpha value is -1.04. The van der Waals surface area contributed by atoms with E-state index >= 15 is 0 Å². The molecule has 1 aliphatic rings. The van der Waals surface area contributed by atoms with Crippen LogP contribution in [0, 0.1) is 11.8 Å². The minimum absolute atomic E-state index is 0.796. The smallest absolute Gasteiger partial charge is 0.0201 e. The molecule has 0 spiro atoms. The van der Waals surface area contributed by atoms with Gasteiger partial charge in [-0.3, -0.25) is 0 Å². The van der Waals surface area contributed by atoms with Crippen molar-refractivity contribution in [1.82, 2.24) is 0 Å². The molecule has 1 aromatic carbocycles. The molecule has 62 valence electrons. The molecule has 0 amide bonds. The van der Waals surface area contributed by atoms with E-state index in [1.165, 1.54) is 18.4 Å². The number of allylic oxidation sites excluding steroid dienone is 1. The molecule has 0 bridgehead atoms. The van der Waals surface area contributed by atoms with Gasteiger partial charge in [0.1, 0.15) is 0 Å². The van der Waals surface area contributed by atoms with E-state index in [-0.39, 0.29) is 0 Å². The molecule has 0 radical (unpaired) electrons. The summed E-state index contributed by atoms with van der Waals surface area (Å²) in [5, 5.41) is 0. The van der Waals surface area contributed by atoms with Crippen molar-refractivity contribution >= 4 is 0 Å². The molecule has 1 aromatic rings. The van der Waals surface area contributed by atoms with Gasteiger partial charge < -0.3 is 0 Å². The average Bonchev–Trinajstić information content (AvgIpc) is 2.85. The van der Waals surface area contributed by atoms with Crippen molar-refractivity contribution in [3.63, 3.8) is 0 Å². The van der Waals surface area contributed by atoms with E-state index in [0.29, 0.717) is 0 Å². The largest absolute Gasteiger partial charge is 0.103 e.